The molecule has 0 radical (unpaired) electrons. The Morgan fingerprint density at radius 3 is 2.65 bits per heavy atom. The van der Waals surface area contributed by atoms with Crippen LogP contribution in [0.1, 0.15) is 45.8 Å². The summed E-state index contributed by atoms with van der Waals surface area (Å²) >= 11 is 3.40. The second kappa shape index (κ2) is 6.24. The van der Waals surface area contributed by atoms with Crippen molar-refractivity contribution < 1.29 is 13.9 Å². The Balaban J connectivity index is 2.17. The van der Waals surface area contributed by atoms with Crippen molar-refractivity contribution >= 4 is 21.9 Å². The monoisotopic (exact) mass is 302 g/mol. The Morgan fingerprint density at radius 1 is 1.41 bits per heavy atom. The van der Waals surface area contributed by atoms with Crippen molar-refractivity contribution in [2.45, 2.75) is 52.1 Å². The SMILES string of the molecule is CC(C)(C)OC(=O)CCCCc1occc1Br. The first kappa shape index (κ1) is 14.3. The normalized spacial score (nSPS) is 11.5. The number of rotatable bonds is 5. The van der Waals surface area contributed by atoms with Gasteiger partial charge in [0.05, 0.1) is 10.7 Å². The molecule has 0 fully saturated rings. The summed E-state index contributed by atoms with van der Waals surface area (Å²) in [4.78, 5) is 11.4. The number of carbonyl (C=O) groups is 1. The molecule has 0 unspecified atom stereocenters. The Hall–Kier alpha value is -0.770. The van der Waals surface area contributed by atoms with Crippen LogP contribution in [0.4, 0.5) is 0 Å². The first-order valence-electron chi connectivity index (χ1n) is 5.82. The molecule has 1 rings (SSSR count). The van der Waals surface area contributed by atoms with Crippen LogP contribution in [0.5, 0.6) is 0 Å². The number of aryl methyl sites for hydroxylation is 1. The van der Waals surface area contributed by atoms with Crippen LogP contribution in [0.25, 0.3) is 0 Å². The third-order valence-electron chi connectivity index (χ3n) is 2.15. The van der Waals surface area contributed by atoms with E-state index in [1.165, 1.54) is 0 Å². The van der Waals surface area contributed by atoms with Crippen LogP contribution in [0.2, 0.25) is 0 Å². The van der Waals surface area contributed by atoms with Crippen LogP contribution >= 0.6 is 15.9 Å². The highest BCUT2D eigenvalue weighted by atomic mass is 79.9. The average molecular weight is 303 g/mol. The summed E-state index contributed by atoms with van der Waals surface area (Å²) in [6.07, 6.45) is 4.71. The van der Waals surface area contributed by atoms with Gasteiger partial charge in [-0.25, -0.2) is 0 Å². The van der Waals surface area contributed by atoms with Gasteiger partial charge in [-0.3, -0.25) is 4.79 Å². The second-order valence-corrected chi connectivity index (χ2v) is 5.84. The fraction of sp³-hybridized carbons (Fsp3) is 0.615. The molecule has 3 nitrogen and oxygen atoms in total. The van der Waals surface area contributed by atoms with E-state index in [9.17, 15) is 4.79 Å². The molecule has 0 saturated carbocycles. The van der Waals surface area contributed by atoms with E-state index in [2.05, 4.69) is 15.9 Å². The highest BCUT2D eigenvalue weighted by molar-refractivity contribution is 9.10. The van der Waals surface area contributed by atoms with E-state index in [0.29, 0.717) is 6.42 Å². The van der Waals surface area contributed by atoms with Gasteiger partial charge in [0.2, 0.25) is 0 Å². The first-order valence-corrected chi connectivity index (χ1v) is 6.61. The van der Waals surface area contributed by atoms with Gasteiger partial charge in [-0.15, -0.1) is 0 Å². The van der Waals surface area contributed by atoms with E-state index < -0.39 is 0 Å². The molecule has 0 aliphatic carbocycles. The number of hydrogen-bond acceptors (Lipinski definition) is 3. The van der Waals surface area contributed by atoms with E-state index in [1.807, 2.05) is 26.8 Å². The van der Waals surface area contributed by atoms with Crippen molar-refractivity contribution in [1.29, 1.82) is 0 Å². The predicted molar refractivity (Wildman–Crippen MR) is 69.8 cm³/mol. The highest BCUT2D eigenvalue weighted by Crippen LogP contribution is 2.20. The zero-order valence-electron chi connectivity index (χ0n) is 10.6. The van der Waals surface area contributed by atoms with E-state index >= 15 is 0 Å². The smallest absolute Gasteiger partial charge is 0.306 e. The molecule has 17 heavy (non-hydrogen) atoms. The van der Waals surface area contributed by atoms with Crippen LogP contribution in [0.3, 0.4) is 0 Å². The Bertz CT molecular complexity index is 363. The molecular formula is C13H19BrO3. The molecule has 0 aliphatic rings. The minimum atomic E-state index is -0.388. The predicted octanol–water partition coefficient (Wildman–Crippen LogP) is 4.10. The molecule has 4 heteroatoms. The zero-order valence-corrected chi connectivity index (χ0v) is 12.2. The van der Waals surface area contributed by atoms with E-state index in [0.717, 1.165) is 29.5 Å². The van der Waals surface area contributed by atoms with Gasteiger partial charge in [0.25, 0.3) is 0 Å². The quantitative estimate of drug-likeness (QED) is 0.607. The van der Waals surface area contributed by atoms with Gasteiger partial charge in [0.15, 0.2) is 0 Å². The van der Waals surface area contributed by atoms with Crippen LogP contribution in [0.15, 0.2) is 21.2 Å². The van der Waals surface area contributed by atoms with Crippen LogP contribution < -0.4 is 0 Å². The van der Waals surface area contributed by atoms with Crippen molar-refractivity contribution in [3.8, 4) is 0 Å². The molecule has 0 bridgehead atoms. The number of ether oxygens (including phenoxy) is 1. The topological polar surface area (TPSA) is 39.4 Å². The maximum absolute atomic E-state index is 11.4. The molecule has 0 aromatic carbocycles. The summed E-state index contributed by atoms with van der Waals surface area (Å²) in [5.41, 5.74) is -0.388. The number of unbranched alkanes of at least 4 members (excludes halogenated alkanes) is 1. The largest absolute Gasteiger partial charge is 0.468 e. The Kier molecular flexibility index (Phi) is 5.25. The molecule has 0 spiro atoms. The standard InChI is InChI=1S/C13H19BrO3/c1-13(2,3)17-12(15)7-5-4-6-11-10(14)8-9-16-11/h8-9H,4-7H2,1-3H3. The lowest BCUT2D eigenvalue weighted by molar-refractivity contribution is -0.154. The van der Waals surface area contributed by atoms with Crippen molar-refractivity contribution in [3.05, 3.63) is 22.6 Å². The van der Waals surface area contributed by atoms with Gasteiger partial charge in [-0.05, 0) is 55.6 Å². The molecule has 0 atom stereocenters. The van der Waals surface area contributed by atoms with Gasteiger partial charge >= 0.3 is 5.97 Å². The van der Waals surface area contributed by atoms with Crippen LogP contribution in [-0.2, 0) is 16.0 Å². The minimum Gasteiger partial charge on any atom is -0.468 e. The van der Waals surface area contributed by atoms with Crippen molar-refractivity contribution in [2.24, 2.45) is 0 Å². The molecule has 0 amide bonds. The lowest BCUT2D eigenvalue weighted by Crippen LogP contribution is -2.23. The minimum absolute atomic E-state index is 0.129. The van der Waals surface area contributed by atoms with Crippen LogP contribution in [-0.4, -0.2) is 11.6 Å². The van der Waals surface area contributed by atoms with Crippen molar-refractivity contribution in [3.63, 3.8) is 0 Å². The Morgan fingerprint density at radius 2 is 2.12 bits per heavy atom. The van der Waals surface area contributed by atoms with E-state index in [4.69, 9.17) is 9.15 Å². The molecule has 1 aromatic heterocycles. The van der Waals surface area contributed by atoms with Crippen LogP contribution in [0, 0.1) is 0 Å². The third-order valence-corrected chi connectivity index (χ3v) is 2.85. The van der Waals surface area contributed by atoms with Crippen molar-refractivity contribution in [2.75, 3.05) is 0 Å². The number of carbonyl (C=O) groups excluding carboxylic acids is 1. The van der Waals surface area contributed by atoms with Gasteiger partial charge in [-0.1, -0.05) is 0 Å². The first-order chi connectivity index (χ1) is 7.88. The fourth-order valence-corrected chi connectivity index (χ4v) is 1.85. The summed E-state index contributed by atoms with van der Waals surface area (Å²) < 4.78 is 11.5. The molecule has 96 valence electrons. The molecule has 1 heterocycles. The van der Waals surface area contributed by atoms with E-state index in [1.54, 1.807) is 6.26 Å². The number of furan rings is 1. The summed E-state index contributed by atoms with van der Waals surface area (Å²) in [6, 6.07) is 1.88. The van der Waals surface area contributed by atoms with Gasteiger partial charge in [-0.2, -0.15) is 0 Å². The number of esters is 1. The molecule has 0 saturated heterocycles. The number of hydrogen-bond donors (Lipinski definition) is 0. The Labute approximate surface area is 111 Å². The summed E-state index contributed by atoms with van der Waals surface area (Å²) in [7, 11) is 0. The second-order valence-electron chi connectivity index (χ2n) is 4.99. The lowest BCUT2D eigenvalue weighted by Gasteiger charge is -2.19. The van der Waals surface area contributed by atoms with Gasteiger partial charge < -0.3 is 9.15 Å². The summed E-state index contributed by atoms with van der Waals surface area (Å²) in [5.74, 6) is 0.810. The summed E-state index contributed by atoms with van der Waals surface area (Å²) in [5, 5.41) is 0. The molecule has 0 aliphatic heterocycles. The average Bonchev–Trinajstić information content (AvgIpc) is 2.56. The van der Waals surface area contributed by atoms with Gasteiger partial charge in [0.1, 0.15) is 11.4 Å². The van der Waals surface area contributed by atoms with Gasteiger partial charge in [0, 0.05) is 12.8 Å². The fourth-order valence-electron chi connectivity index (χ4n) is 1.45. The lowest BCUT2D eigenvalue weighted by atomic mass is 10.1. The maximum Gasteiger partial charge on any atom is 0.306 e. The third kappa shape index (κ3) is 5.91. The summed E-state index contributed by atoms with van der Waals surface area (Å²) in [6.45, 7) is 5.64. The zero-order chi connectivity index (χ0) is 12.9. The molecule has 0 N–H and O–H groups in total. The van der Waals surface area contributed by atoms with E-state index in [-0.39, 0.29) is 11.6 Å². The molecule has 1 aromatic rings. The maximum atomic E-state index is 11.4. The van der Waals surface area contributed by atoms with Crippen molar-refractivity contribution in [1.82, 2.24) is 0 Å². The highest BCUT2D eigenvalue weighted by Gasteiger charge is 2.15. The number of halogens is 1. The molecular weight excluding hydrogens is 284 g/mol.